The molecule has 3 N–H and O–H groups in total. The van der Waals surface area contributed by atoms with Crippen LogP contribution in [0, 0.1) is 17.0 Å². The van der Waals surface area contributed by atoms with Gasteiger partial charge in [0.2, 0.25) is 5.91 Å². The highest BCUT2D eigenvalue weighted by molar-refractivity contribution is 5.99. The molecule has 2 aromatic carbocycles. The van der Waals surface area contributed by atoms with E-state index in [4.69, 9.17) is 0 Å². The van der Waals surface area contributed by atoms with Crippen molar-refractivity contribution in [1.29, 1.82) is 0 Å². The SMILES string of the molecule is Cc1c(NC(=O)N[C@H](C)c2ccc3c(c2)CC(=O)N3)cccc1[N+](=O)[O-]. The first kappa shape index (κ1) is 17.4. The van der Waals surface area contributed by atoms with Gasteiger partial charge < -0.3 is 16.0 Å². The number of amides is 3. The zero-order valence-corrected chi connectivity index (χ0v) is 14.3. The smallest absolute Gasteiger partial charge is 0.319 e. The van der Waals surface area contributed by atoms with Crippen LogP contribution in [-0.4, -0.2) is 16.9 Å². The largest absolute Gasteiger partial charge is 0.331 e. The second-order valence-corrected chi connectivity index (χ2v) is 6.17. The molecule has 0 aromatic heterocycles. The Balaban J connectivity index is 1.69. The normalized spacial score (nSPS) is 13.5. The molecule has 0 radical (unpaired) electrons. The van der Waals surface area contributed by atoms with Crippen molar-refractivity contribution in [2.75, 3.05) is 10.6 Å². The van der Waals surface area contributed by atoms with Gasteiger partial charge in [-0.1, -0.05) is 18.2 Å². The first-order valence-electron chi connectivity index (χ1n) is 8.09. The summed E-state index contributed by atoms with van der Waals surface area (Å²) in [6, 6.07) is 9.31. The van der Waals surface area contributed by atoms with Crippen LogP contribution < -0.4 is 16.0 Å². The number of fused-ring (bicyclic) bond motifs is 1. The van der Waals surface area contributed by atoms with E-state index >= 15 is 0 Å². The summed E-state index contributed by atoms with van der Waals surface area (Å²) in [5.41, 5.74) is 3.28. The minimum absolute atomic E-state index is 0.0448. The maximum Gasteiger partial charge on any atom is 0.319 e. The number of nitro groups is 1. The first-order valence-corrected chi connectivity index (χ1v) is 8.09. The highest BCUT2D eigenvalue weighted by Crippen LogP contribution is 2.27. The predicted molar refractivity (Wildman–Crippen MR) is 97.2 cm³/mol. The quantitative estimate of drug-likeness (QED) is 0.577. The fourth-order valence-electron chi connectivity index (χ4n) is 2.91. The monoisotopic (exact) mass is 354 g/mol. The lowest BCUT2D eigenvalue weighted by atomic mass is 10.0. The Morgan fingerprint density at radius 3 is 2.81 bits per heavy atom. The third-order valence-electron chi connectivity index (χ3n) is 4.35. The fourth-order valence-corrected chi connectivity index (χ4v) is 2.91. The molecule has 2 aromatic rings. The summed E-state index contributed by atoms with van der Waals surface area (Å²) in [6.45, 7) is 3.41. The summed E-state index contributed by atoms with van der Waals surface area (Å²) in [7, 11) is 0. The Hall–Kier alpha value is -3.42. The Labute approximate surface area is 149 Å². The Morgan fingerprint density at radius 1 is 1.31 bits per heavy atom. The van der Waals surface area contributed by atoms with Crippen LogP contribution in [0.2, 0.25) is 0 Å². The average molecular weight is 354 g/mol. The van der Waals surface area contributed by atoms with Gasteiger partial charge in [0.1, 0.15) is 0 Å². The number of carbonyl (C=O) groups excluding carboxylic acids is 2. The number of nitrogens with zero attached hydrogens (tertiary/aromatic N) is 1. The van der Waals surface area contributed by atoms with Gasteiger partial charge in [-0.25, -0.2) is 4.79 Å². The lowest BCUT2D eigenvalue weighted by Gasteiger charge is -2.16. The van der Waals surface area contributed by atoms with Gasteiger partial charge in [-0.05, 0) is 37.1 Å². The van der Waals surface area contributed by atoms with Crippen LogP contribution >= 0.6 is 0 Å². The molecule has 0 spiro atoms. The van der Waals surface area contributed by atoms with Gasteiger partial charge in [0, 0.05) is 11.8 Å². The molecule has 0 saturated heterocycles. The average Bonchev–Trinajstić information content (AvgIpc) is 2.95. The second-order valence-electron chi connectivity index (χ2n) is 6.17. The van der Waals surface area contributed by atoms with Crippen LogP contribution in [0.4, 0.5) is 21.9 Å². The number of hydrogen-bond acceptors (Lipinski definition) is 4. The standard InChI is InChI=1S/C18H18N4O4/c1-10-14(4-3-5-16(10)22(25)26)21-18(24)19-11(2)12-6-7-15-13(8-12)9-17(23)20-15/h3-8,11H,9H2,1-2H3,(H,20,23)(H2,19,21,24)/t11-/m1/s1. The van der Waals surface area contributed by atoms with Crippen molar-refractivity contribution < 1.29 is 14.5 Å². The number of carbonyl (C=O) groups is 2. The molecule has 0 bridgehead atoms. The van der Waals surface area contributed by atoms with Gasteiger partial charge >= 0.3 is 6.03 Å². The number of nitro benzene ring substituents is 1. The van der Waals surface area contributed by atoms with E-state index in [-0.39, 0.29) is 17.6 Å². The van der Waals surface area contributed by atoms with E-state index in [0.717, 1.165) is 16.8 Å². The van der Waals surface area contributed by atoms with Crippen molar-refractivity contribution in [3.63, 3.8) is 0 Å². The third kappa shape index (κ3) is 3.49. The van der Waals surface area contributed by atoms with Crippen LogP contribution in [0.3, 0.4) is 0 Å². The molecule has 0 unspecified atom stereocenters. The number of hydrogen-bond donors (Lipinski definition) is 3. The van der Waals surface area contributed by atoms with Crippen molar-refractivity contribution in [3.05, 3.63) is 63.2 Å². The van der Waals surface area contributed by atoms with Crippen molar-refractivity contribution in [2.24, 2.45) is 0 Å². The molecule has 8 nitrogen and oxygen atoms in total. The third-order valence-corrected chi connectivity index (χ3v) is 4.35. The van der Waals surface area contributed by atoms with E-state index < -0.39 is 11.0 Å². The molecule has 8 heteroatoms. The summed E-state index contributed by atoms with van der Waals surface area (Å²) in [5.74, 6) is -0.0448. The summed E-state index contributed by atoms with van der Waals surface area (Å²) in [5, 5.41) is 19.2. The van der Waals surface area contributed by atoms with Crippen LogP contribution in [0.15, 0.2) is 36.4 Å². The Kier molecular flexibility index (Phi) is 4.57. The maximum atomic E-state index is 12.3. The summed E-state index contributed by atoms with van der Waals surface area (Å²) >= 11 is 0. The number of benzene rings is 2. The van der Waals surface area contributed by atoms with Gasteiger partial charge in [0.25, 0.3) is 5.69 Å². The highest BCUT2D eigenvalue weighted by atomic mass is 16.6. The first-order chi connectivity index (χ1) is 12.3. The van der Waals surface area contributed by atoms with E-state index in [1.54, 1.807) is 13.0 Å². The minimum Gasteiger partial charge on any atom is -0.331 e. The summed E-state index contributed by atoms with van der Waals surface area (Å²) in [6.07, 6.45) is 0.328. The molecule has 0 aliphatic carbocycles. The highest BCUT2D eigenvalue weighted by Gasteiger charge is 2.20. The van der Waals surface area contributed by atoms with Gasteiger partial charge in [0.15, 0.2) is 0 Å². The van der Waals surface area contributed by atoms with Crippen molar-refractivity contribution in [1.82, 2.24) is 5.32 Å². The van der Waals surface area contributed by atoms with Gasteiger partial charge in [-0.2, -0.15) is 0 Å². The predicted octanol–water partition coefficient (Wildman–Crippen LogP) is 3.28. The van der Waals surface area contributed by atoms with Crippen molar-refractivity contribution >= 4 is 29.0 Å². The van der Waals surface area contributed by atoms with E-state index in [9.17, 15) is 19.7 Å². The van der Waals surface area contributed by atoms with E-state index in [2.05, 4.69) is 16.0 Å². The molecule has 0 fully saturated rings. The lowest BCUT2D eigenvalue weighted by molar-refractivity contribution is -0.385. The zero-order valence-electron chi connectivity index (χ0n) is 14.3. The molecule has 1 heterocycles. The van der Waals surface area contributed by atoms with E-state index in [1.165, 1.54) is 12.1 Å². The van der Waals surface area contributed by atoms with Crippen LogP contribution in [0.5, 0.6) is 0 Å². The molecule has 1 atom stereocenters. The fraction of sp³-hybridized carbons (Fsp3) is 0.222. The van der Waals surface area contributed by atoms with Crippen LogP contribution in [-0.2, 0) is 11.2 Å². The Bertz CT molecular complexity index is 910. The number of anilines is 2. The number of urea groups is 1. The zero-order chi connectivity index (χ0) is 18.8. The van der Waals surface area contributed by atoms with E-state index in [1.807, 2.05) is 25.1 Å². The molecule has 1 aliphatic heterocycles. The van der Waals surface area contributed by atoms with Crippen LogP contribution in [0.1, 0.15) is 29.7 Å². The number of nitrogens with one attached hydrogen (secondary N) is 3. The molecule has 3 amide bonds. The van der Waals surface area contributed by atoms with Gasteiger partial charge in [0.05, 0.1) is 28.6 Å². The topological polar surface area (TPSA) is 113 Å². The van der Waals surface area contributed by atoms with Gasteiger partial charge in [-0.15, -0.1) is 0 Å². The molecule has 1 aliphatic rings. The molecule has 0 saturated carbocycles. The molecule has 134 valence electrons. The summed E-state index contributed by atoms with van der Waals surface area (Å²) < 4.78 is 0. The maximum absolute atomic E-state index is 12.3. The van der Waals surface area contributed by atoms with Crippen molar-refractivity contribution in [2.45, 2.75) is 26.3 Å². The van der Waals surface area contributed by atoms with Crippen molar-refractivity contribution in [3.8, 4) is 0 Å². The second kappa shape index (κ2) is 6.83. The molecule has 26 heavy (non-hydrogen) atoms. The summed E-state index contributed by atoms with van der Waals surface area (Å²) in [4.78, 5) is 34.2. The lowest BCUT2D eigenvalue weighted by Crippen LogP contribution is -2.31. The molecule has 3 rings (SSSR count). The van der Waals surface area contributed by atoms with Gasteiger partial charge in [-0.3, -0.25) is 14.9 Å². The number of rotatable bonds is 4. The minimum atomic E-state index is -0.485. The van der Waals surface area contributed by atoms with E-state index in [0.29, 0.717) is 17.7 Å². The molecular weight excluding hydrogens is 336 g/mol. The Morgan fingerprint density at radius 2 is 2.08 bits per heavy atom. The van der Waals surface area contributed by atoms with Crippen LogP contribution in [0.25, 0.3) is 0 Å². The molecular formula is C18H18N4O4.